The van der Waals surface area contributed by atoms with E-state index in [4.69, 9.17) is 16.3 Å². The minimum absolute atomic E-state index is 0.184. The lowest BCUT2D eigenvalue weighted by atomic mass is 10.1. The number of halogens is 2. The van der Waals surface area contributed by atoms with Crippen molar-refractivity contribution >= 4 is 23.3 Å². The molecule has 0 atom stereocenters. The number of rotatable bonds is 7. The van der Waals surface area contributed by atoms with Crippen molar-refractivity contribution in [2.75, 3.05) is 5.32 Å². The summed E-state index contributed by atoms with van der Waals surface area (Å²) in [7, 11) is 0. The molecule has 0 saturated carbocycles. The van der Waals surface area contributed by atoms with Crippen molar-refractivity contribution in [3.05, 3.63) is 94.1 Å². The van der Waals surface area contributed by atoms with Crippen molar-refractivity contribution in [1.29, 1.82) is 0 Å². The Morgan fingerprint density at radius 1 is 1.03 bits per heavy atom. The van der Waals surface area contributed by atoms with Crippen LogP contribution in [0.2, 0.25) is 5.02 Å². The van der Waals surface area contributed by atoms with Crippen LogP contribution in [0.4, 0.5) is 10.2 Å². The Morgan fingerprint density at radius 3 is 2.53 bits per heavy atom. The Kier molecular flexibility index (Phi) is 6.23. The topological polar surface area (TPSA) is 74.0 Å². The number of carbonyl (C=O) groups excluding carboxylic acids is 1. The van der Waals surface area contributed by atoms with Crippen LogP contribution in [0.15, 0.2) is 60.9 Å². The third-order valence-corrected chi connectivity index (χ3v) is 5.01. The van der Waals surface area contributed by atoms with Crippen LogP contribution in [0.1, 0.15) is 27.2 Å². The highest BCUT2D eigenvalue weighted by molar-refractivity contribution is 6.31. The second-order valence-electron chi connectivity index (χ2n) is 7.43. The molecule has 0 aliphatic rings. The maximum atomic E-state index is 13.2. The first-order chi connectivity index (χ1) is 15.4. The van der Waals surface area contributed by atoms with E-state index >= 15 is 0 Å². The van der Waals surface area contributed by atoms with Gasteiger partial charge < -0.3 is 10.1 Å². The van der Waals surface area contributed by atoms with E-state index in [0.29, 0.717) is 17.4 Å². The number of hydrogen-bond donors (Lipinski definition) is 1. The van der Waals surface area contributed by atoms with E-state index in [1.807, 2.05) is 26.0 Å². The molecule has 9 heteroatoms. The minimum atomic E-state index is -0.397. The first-order valence-corrected chi connectivity index (χ1v) is 10.3. The van der Waals surface area contributed by atoms with Crippen LogP contribution in [0.5, 0.6) is 5.75 Å². The third-order valence-electron chi connectivity index (χ3n) is 4.66. The molecule has 32 heavy (non-hydrogen) atoms. The second kappa shape index (κ2) is 9.23. The zero-order chi connectivity index (χ0) is 22.7. The van der Waals surface area contributed by atoms with Crippen molar-refractivity contribution in [3.8, 4) is 5.75 Å². The van der Waals surface area contributed by atoms with Crippen LogP contribution in [0.3, 0.4) is 0 Å². The lowest BCUT2D eigenvalue weighted by molar-refractivity contribution is 0.101. The van der Waals surface area contributed by atoms with Crippen LogP contribution in [0.25, 0.3) is 0 Å². The van der Waals surface area contributed by atoms with Gasteiger partial charge in [0.25, 0.3) is 5.91 Å². The molecule has 1 amide bonds. The largest absolute Gasteiger partial charge is 0.471 e. The number of aryl methyl sites for hydroxylation is 2. The Labute approximate surface area is 189 Å². The highest BCUT2D eigenvalue weighted by Crippen LogP contribution is 2.19. The maximum Gasteiger partial charge on any atom is 0.277 e. The molecule has 0 bridgehead atoms. The van der Waals surface area contributed by atoms with E-state index < -0.39 is 5.82 Å². The highest BCUT2D eigenvalue weighted by Gasteiger charge is 2.12. The summed E-state index contributed by atoms with van der Waals surface area (Å²) in [6.07, 6.45) is 3.37. The molecule has 0 saturated heterocycles. The summed E-state index contributed by atoms with van der Waals surface area (Å²) < 4.78 is 22.1. The van der Waals surface area contributed by atoms with Crippen molar-refractivity contribution in [3.63, 3.8) is 0 Å². The molecule has 164 valence electrons. The summed E-state index contributed by atoms with van der Waals surface area (Å²) in [5.74, 6) is 0.330. The fourth-order valence-electron chi connectivity index (χ4n) is 3.23. The van der Waals surface area contributed by atoms with Gasteiger partial charge in [-0.3, -0.25) is 9.48 Å². The van der Waals surface area contributed by atoms with Gasteiger partial charge in [-0.05, 0) is 60.9 Å². The standard InChI is InChI=1S/C23H21ClFN5O2/c1-15-9-16(2)11-19(10-15)32-14-30-7-5-21(27-30)23(31)26-22-6-8-29(28-22)13-17-3-4-18(25)12-20(17)24/h3-12H,13-14H2,1-2H3,(H,26,28,31). The molecule has 4 aromatic rings. The SMILES string of the molecule is Cc1cc(C)cc(OCn2ccc(C(=O)Nc3ccn(Cc4ccc(F)cc4Cl)n3)n2)c1. The number of aromatic nitrogens is 4. The Morgan fingerprint density at radius 2 is 1.78 bits per heavy atom. The van der Waals surface area contributed by atoms with Crippen LogP contribution < -0.4 is 10.1 Å². The molecular weight excluding hydrogens is 433 g/mol. The van der Waals surface area contributed by atoms with Crippen LogP contribution in [-0.4, -0.2) is 25.5 Å². The first-order valence-electron chi connectivity index (χ1n) is 9.89. The highest BCUT2D eigenvalue weighted by atomic mass is 35.5. The molecule has 4 rings (SSSR count). The Bertz CT molecular complexity index is 1250. The zero-order valence-corrected chi connectivity index (χ0v) is 18.3. The predicted octanol–water partition coefficient (Wildman–Crippen LogP) is 4.83. The molecule has 0 unspecified atom stereocenters. The number of nitrogens with zero attached hydrogens (tertiary/aromatic N) is 4. The number of amides is 1. The summed E-state index contributed by atoms with van der Waals surface area (Å²) in [6, 6.07) is 13.4. The summed E-state index contributed by atoms with van der Waals surface area (Å²) in [4.78, 5) is 12.5. The zero-order valence-electron chi connectivity index (χ0n) is 17.5. The first kappa shape index (κ1) is 21.6. The van der Waals surface area contributed by atoms with E-state index in [9.17, 15) is 9.18 Å². The molecule has 1 N–H and O–H groups in total. The van der Waals surface area contributed by atoms with Gasteiger partial charge >= 0.3 is 0 Å². The molecule has 0 aliphatic heterocycles. The fraction of sp³-hybridized carbons (Fsp3) is 0.174. The van der Waals surface area contributed by atoms with Gasteiger partial charge in [0.1, 0.15) is 11.6 Å². The van der Waals surface area contributed by atoms with Crippen LogP contribution in [0, 0.1) is 19.7 Å². The summed E-state index contributed by atoms with van der Waals surface area (Å²) in [6.45, 7) is 4.54. The van der Waals surface area contributed by atoms with Crippen LogP contribution in [-0.2, 0) is 13.3 Å². The predicted molar refractivity (Wildman–Crippen MR) is 119 cm³/mol. The molecule has 0 aliphatic carbocycles. The molecule has 7 nitrogen and oxygen atoms in total. The number of benzene rings is 2. The normalized spacial score (nSPS) is 10.9. The summed E-state index contributed by atoms with van der Waals surface area (Å²) in [5.41, 5.74) is 3.19. The maximum absolute atomic E-state index is 13.2. The van der Waals surface area contributed by atoms with E-state index in [1.165, 1.54) is 12.1 Å². The summed E-state index contributed by atoms with van der Waals surface area (Å²) >= 11 is 6.06. The van der Waals surface area contributed by atoms with Crippen molar-refractivity contribution in [2.24, 2.45) is 0 Å². The number of ether oxygens (including phenoxy) is 1. The van der Waals surface area contributed by atoms with E-state index in [0.717, 1.165) is 22.4 Å². The molecule has 2 heterocycles. The van der Waals surface area contributed by atoms with Gasteiger partial charge in [0.05, 0.1) is 6.54 Å². The number of carbonyl (C=O) groups is 1. The van der Waals surface area contributed by atoms with Gasteiger partial charge in [0.15, 0.2) is 18.2 Å². The average molecular weight is 454 g/mol. The van der Waals surface area contributed by atoms with E-state index in [-0.39, 0.29) is 18.3 Å². The minimum Gasteiger partial charge on any atom is -0.471 e. The molecule has 0 fully saturated rings. The lowest BCUT2D eigenvalue weighted by Gasteiger charge is -2.08. The molecule has 2 aromatic carbocycles. The van der Waals surface area contributed by atoms with Crippen molar-refractivity contribution < 1.29 is 13.9 Å². The fourth-order valence-corrected chi connectivity index (χ4v) is 3.46. The van der Waals surface area contributed by atoms with Gasteiger partial charge in [-0.15, -0.1) is 0 Å². The number of anilines is 1. The van der Waals surface area contributed by atoms with Crippen molar-refractivity contribution in [1.82, 2.24) is 19.6 Å². The van der Waals surface area contributed by atoms with E-state index in [2.05, 4.69) is 21.6 Å². The van der Waals surface area contributed by atoms with Gasteiger partial charge in [0, 0.05) is 23.5 Å². The quantitative estimate of drug-likeness (QED) is 0.435. The monoisotopic (exact) mass is 453 g/mol. The molecular formula is C23H21ClFN5O2. The van der Waals surface area contributed by atoms with Crippen LogP contribution >= 0.6 is 11.6 Å². The number of hydrogen-bond acceptors (Lipinski definition) is 4. The number of nitrogens with one attached hydrogen (secondary N) is 1. The lowest BCUT2D eigenvalue weighted by Crippen LogP contribution is -2.15. The third kappa shape index (κ3) is 5.33. The van der Waals surface area contributed by atoms with Crippen molar-refractivity contribution in [2.45, 2.75) is 27.1 Å². The summed E-state index contributed by atoms with van der Waals surface area (Å²) in [5, 5.41) is 11.6. The second-order valence-corrected chi connectivity index (χ2v) is 7.83. The Balaban J connectivity index is 1.35. The van der Waals surface area contributed by atoms with Gasteiger partial charge in [-0.2, -0.15) is 10.2 Å². The molecule has 2 aromatic heterocycles. The average Bonchev–Trinajstić information content (AvgIpc) is 3.37. The smallest absolute Gasteiger partial charge is 0.277 e. The van der Waals surface area contributed by atoms with Gasteiger partial charge in [0.2, 0.25) is 0 Å². The molecule has 0 spiro atoms. The van der Waals surface area contributed by atoms with Gasteiger partial charge in [-0.1, -0.05) is 23.7 Å². The van der Waals surface area contributed by atoms with Gasteiger partial charge in [-0.25, -0.2) is 9.07 Å². The Hall–Kier alpha value is -3.65. The molecule has 0 radical (unpaired) electrons. The van der Waals surface area contributed by atoms with E-state index in [1.54, 1.807) is 40.0 Å².